The highest BCUT2D eigenvalue weighted by molar-refractivity contribution is 5.82. The summed E-state index contributed by atoms with van der Waals surface area (Å²) in [6.45, 7) is 6.24. The molecule has 2 N–H and O–H groups in total. The van der Waals surface area contributed by atoms with Crippen molar-refractivity contribution >= 4 is 11.9 Å². The summed E-state index contributed by atoms with van der Waals surface area (Å²) in [5.74, 6) is -1.23. The first-order valence-electron chi connectivity index (χ1n) is 7.72. The average molecular weight is 282 g/mol. The Labute approximate surface area is 120 Å². The zero-order valence-corrected chi connectivity index (χ0v) is 12.6. The van der Waals surface area contributed by atoms with Crippen molar-refractivity contribution < 1.29 is 14.7 Å². The van der Waals surface area contributed by atoms with Crippen molar-refractivity contribution in [1.29, 1.82) is 0 Å². The van der Waals surface area contributed by atoms with E-state index in [9.17, 15) is 9.59 Å². The maximum atomic E-state index is 12.4. The van der Waals surface area contributed by atoms with Gasteiger partial charge in [-0.25, -0.2) is 0 Å². The lowest BCUT2D eigenvalue weighted by molar-refractivity contribution is -0.142. The second-order valence-corrected chi connectivity index (χ2v) is 6.39. The predicted octanol–water partition coefficient (Wildman–Crippen LogP) is 1.62. The number of nitrogens with zero attached hydrogens (tertiary/aromatic N) is 1. The van der Waals surface area contributed by atoms with Gasteiger partial charge in [0.25, 0.3) is 0 Å². The van der Waals surface area contributed by atoms with Gasteiger partial charge in [0.2, 0.25) is 5.91 Å². The molecule has 5 heteroatoms. The molecule has 2 aliphatic rings. The maximum absolute atomic E-state index is 12.4. The van der Waals surface area contributed by atoms with E-state index in [1.54, 1.807) is 0 Å². The summed E-state index contributed by atoms with van der Waals surface area (Å²) in [5.41, 5.74) is 0. The fourth-order valence-corrected chi connectivity index (χ4v) is 3.85. The van der Waals surface area contributed by atoms with Crippen molar-refractivity contribution in [2.24, 2.45) is 5.92 Å². The quantitative estimate of drug-likeness (QED) is 0.822. The molecule has 0 aromatic rings. The Balaban J connectivity index is 1.96. The van der Waals surface area contributed by atoms with E-state index in [0.717, 1.165) is 25.7 Å². The molecule has 5 unspecified atom stereocenters. The maximum Gasteiger partial charge on any atom is 0.308 e. The van der Waals surface area contributed by atoms with Crippen LogP contribution in [0.3, 0.4) is 0 Å². The molecule has 2 rings (SSSR count). The van der Waals surface area contributed by atoms with Crippen LogP contribution in [0.5, 0.6) is 0 Å². The Morgan fingerprint density at radius 3 is 2.30 bits per heavy atom. The summed E-state index contributed by atoms with van der Waals surface area (Å²) in [6, 6.07) is 0.461. The number of carbonyl (C=O) groups excluding carboxylic acids is 1. The molecule has 1 amide bonds. The van der Waals surface area contributed by atoms with E-state index < -0.39 is 11.9 Å². The van der Waals surface area contributed by atoms with Crippen LogP contribution in [0.15, 0.2) is 0 Å². The normalized spacial score (nSPS) is 36.0. The van der Waals surface area contributed by atoms with Crippen LogP contribution < -0.4 is 5.32 Å². The topological polar surface area (TPSA) is 69.6 Å². The molecule has 114 valence electrons. The number of aliphatic carboxylic acids is 1. The van der Waals surface area contributed by atoms with E-state index in [1.165, 1.54) is 0 Å². The number of hydrogen-bond acceptors (Lipinski definition) is 3. The largest absolute Gasteiger partial charge is 0.481 e. The summed E-state index contributed by atoms with van der Waals surface area (Å²) >= 11 is 0. The first-order valence-corrected chi connectivity index (χ1v) is 7.72. The van der Waals surface area contributed by atoms with E-state index in [0.29, 0.717) is 18.5 Å². The Morgan fingerprint density at radius 2 is 1.75 bits per heavy atom. The molecule has 1 aliphatic heterocycles. The Kier molecular flexibility index (Phi) is 4.68. The SMILES string of the molecule is CC1CCC(C)N1C(C)C(=O)NC1CCCC1C(=O)O. The number of amides is 1. The summed E-state index contributed by atoms with van der Waals surface area (Å²) in [4.78, 5) is 25.8. The number of carbonyl (C=O) groups is 2. The zero-order chi connectivity index (χ0) is 14.9. The van der Waals surface area contributed by atoms with Gasteiger partial charge in [0.1, 0.15) is 0 Å². The van der Waals surface area contributed by atoms with E-state index in [-0.39, 0.29) is 18.0 Å². The molecule has 0 spiro atoms. The fraction of sp³-hybridized carbons (Fsp3) is 0.867. The van der Waals surface area contributed by atoms with Crippen LogP contribution >= 0.6 is 0 Å². The average Bonchev–Trinajstić information content (AvgIpc) is 2.96. The monoisotopic (exact) mass is 282 g/mol. The Morgan fingerprint density at radius 1 is 1.15 bits per heavy atom. The van der Waals surface area contributed by atoms with E-state index in [2.05, 4.69) is 24.1 Å². The van der Waals surface area contributed by atoms with Crippen molar-refractivity contribution in [1.82, 2.24) is 10.2 Å². The van der Waals surface area contributed by atoms with Gasteiger partial charge >= 0.3 is 5.97 Å². The van der Waals surface area contributed by atoms with Crippen molar-refractivity contribution in [3.05, 3.63) is 0 Å². The molecule has 1 saturated carbocycles. The number of hydrogen-bond donors (Lipinski definition) is 2. The van der Waals surface area contributed by atoms with E-state index in [4.69, 9.17) is 5.11 Å². The minimum absolute atomic E-state index is 0.0243. The zero-order valence-electron chi connectivity index (χ0n) is 12.6. The van der Waals surface area contributed by atoms with E-state index >= 15 is 0 Å². The van der Waals surface area contributed by atoms with Gasteiger partial charge < -0.3 is 10.4 Å². The number of likely N-dealkylation sites (tertiary alicyclic amines) is 1. The summed E-state index contributed by atoms with van der Waals surface area (Å²) in [7, 11) is 0. The van der Waals surface area contributed by atoms with Crippen LogP contribution in [-0.2, 0) is 9.59 Å². The van der Waals surface area contributed by atoms with Crippen molar-refractivity contribution in [2.45, 2.75) is 77.0 Å². The highest BCUT2D eigenvalue weighted by Crippen LogP contribution is 2.28. The van der Waals surface area contributed by atoms with Gasteiger partial charge in [-0.1, -0.05) is 6.42 Å². The molecular weight excluding hydrogens is 256 g/mol. The third kappa shape index (κ3) is 2.97. The van der Waals surface area contributed by atoms with Crippen molar-refractivity contribution in [3.63, 3.8) is 0 Å². The van der Waals surface area contributed by atoms with Crippen LogP contribution in [0.2, 0.25) is 0 Å². The van der Waals surface area contributed by atoms with Gasteiger partial charge in [0.05, 0.1) is 12.0 Å². The summed E-state index contributed by atoms with van der Waals surface area (Å²) in [6.07, 6.45) is 4.58. The molecule has 5 atom stereocenters. The molecule has 2 fully saturated rings. The number of nitrogens with one attached hydrogen (secondary N) is 1. The number of rotatable bonds is 4. The molecule has 0 aromatic carbocycles. The Hall–Kier alpha value is -1.10. The van der Waals surface area contributed by atoms with Crippen LogP contribution in [0, 0.1) is 5.92 Å². The van der Waals surface area contributed by atoms with Gasteiger partial charge in [-0.05, 0) is 46.5 Å². The molecule has 5 nitrogen and oxygen atoms in total. The second kappa shape index (κ2) is 6.12. The van der Waals surface area contributed by atoms with Gasteiger partial charge in [-0.3, -0.25) is 14.5 Å². The van der Waals surface area contributed by atoms with Crippen LogP contribution in [0.25, 0.3) is 0 Å². The lowest BCUT2D eigenvalue weighted by atomic mass is 10.0. The van der Waals surface area contributed by atoms with Gasteiger partial charge in [-0.2, -0.15) is 0 Å². The fourth-order valence-electron chi connectivity index (χ4n) is 3.85. The lowest BCUT2D eigenvalue weighted by Crippen LogP contribution is -2.52. The third-order valence-corrected chi connectivity index (χ3v) is 5.01. The summed E-state index contributed by atoms with van der Waals surface area (Å²) in [5, 5.41) is 12.1. The smallest absolute Gasteiger partial charge is 0.308 e. The predicted molar refractivity (Wildman–Crippen MR) is 76.4 cm³/mol. The minimum Gasteiger partial charge on any atom is -0.481 e. The third-order valence-electron chi connectivity index (χ3n) is 5.01. The first kappa shape index (κ1) is 15.3. The van der Waals surface area contributed by atoms with Gasteiger partial charge in [0.15, 0.2) is 0 Å². The van der Waals surface area contributed by atoms with Crippen molar-refractivity contribution in [3.8, 4) is 0 Å². The minimum atomic E-state index is -0.789. The van der Waals surface area contributed by atoms with Crippen LogP contribution in [0.4, 0.5) is 0 Å². The molecule has 1 heterocycles. The number of carboxylic acid groups (broad SMARTS) is 1. The standard InChI is InChI=1S/C15H26N2O3/c1-9-7-8-10(2)17(9)11(3)14(18)16-13-6-4-5-12(13)15(19)20/h9-13H,4-8H2,1-3H3,(H,16,18)(H,19,20). The molecule has 0 aromatic heterocycles. The highest BCUT2D eigenvalue weighted by atomic mass is 16.4. The molecule has 0 radical (unpaired) electrons. The molecular formula is C15H26N2O3. The molecule has 20 heavy (non-hydrogen) atoms. The number of carboxylic acids is 1. The van der Waals surface area contributed by atoms with Crippen LogP contribution in [0.1, 0.15) is 52.9 Å². The first-order chi connectivity index (χ1) is 9.41. The summed E-state index contributed by atoms with van der Waals surface area (Å²) < 4.78 is 0. The van der Waals surface area contributed by atoms with E-state index in [1.807, 2.05) is 6.92 Å². The van der Waals surface area contributed by atoms with Gasteiger partial charge in [-0.15, -0.1) is 0 Å². The Bertz CT molecular complexity index is 375. The van der Waals surface area contributed by atoms with Crippen molar-refractivity contribution in [2.75, 3.05) is 0 Å². The van der Waals surface area contributed by atoms with Gasteiger partial charge in [0, 0.05) is 18.1 Å². The lowest BCUT2D eigenvalue weighted by Gasteiger charge is -2.32. The highest BCUT2D eigenvalue weighted by Gasteiger charge is 2.38. The van der Waals surface area contributed by atoms with Crippen LogP contribution in [-0.4, -0.2) is 46.1 Å². The molecule has 1 aliphatic carbocycles. The molecule has 0 bridgehead atoms. The second-order valence-electron chi connectivity index (χ2n) is 6.39. The molecule has 1 saturated heterocycles.